The zero-order chi connectivity index (χ0) is 32.7. The summed E-state index contributed by atoms with van der Waals surface area (Å²) in [6.45, 7) is 19.0. The Morgan fingerprint density at radius 2 is 1.68 bits per heavy atom. The van der Waals surface area contributed by atoms with Crippen LogP contribution in [0.15, 0.2) is 66.7 Å². The van der Waals surface area contributed by atoms with Crippen molar-refractivity contribution in [3.05, 3.63) is 99.6 Å². The summed E-state index contributed by atoms with van der Waals surface area (Å²) in [5.74, 6) is 0.112. The number of rotatable bonds is 14. The highest BCUT2D eigenvalue weighted by molar-refractivity contribution is 6.74. The molecule has 3 aromatic rings. The minimum Gasteiger partial charge on any atom is -0.508 e. The standard InChI is InChI=1S/C36H51ClN2O4Si/c1-9-39(20-19-26-13-16-31(37)17-14-26)34(42)29-12-10-11-27(21-29)23-36(5,6)38-24-33(43-44(7,8)35(2,3)4)28-15-18-32(41)30(22-28)25-40/h10-18,21-22,33,38,40-41H,9,19-20,23-25H2,1-8H3/t33-/m0/s1. The number of aromatic hydroxyl groups is 1. The fraction of sp³-hybridized carbons (Fsp3) is 0.472. The number of benzene rings is 3. The maximum atomic E-state index is 13.5. The molecule has 6 nitrogen and oxygen atoms in total. The van der Waals surface area contributed by atoms with Crippen molar-refractivity contribution >= 4 is 25.8 Å². The van der Waals surface area contributed by atoms with E-state index >= 15 is 0 Å². The molecule has 0 unspecified atom stereocenters. The van der Waals surface area contributed by atoms with Crippen molar-refractivity contribution in [2.75, 3.05) is 19.6 Å². The van der Waals surface area contributed by atoms with Gasteiger partial charge < -0.3 is 24.9 Å². The third-order valence-electron chi connectivity index (χ3n) is 8.73. The maximum Gasteiger partial charge on any atom is 0.253 e. The van der Waals surface area contributed by atoms with E-state index in [0.717, 1.165) is 29.5 Å². The van der Waals surface area contributed by atoms with Crippen LogP contribution in [0.4, 0.5) is 0 Å². The molecule has 0 aliphatic heterocycles. The van der Waals surface area contributed by atoms with Gasteiger partial charge in [-0.15, -0.1) is 0 Å². The van der Waals surface area contributed by atoms with E-state index in [-0.39, 0.29) is 34.9 Å². The van der Waals surface area contributed by atoms with Gasteiger partial charge in [-0.3, -0.25) is 4.79 Å². The van der Waals surface area contributed by atoms with E-state index in [9.17, 15) is 15.0 Å². The Kier molecular flexibility index (Phi) is 12.3. The Labute approximate surface area is 270 Å². The number of carbonyl (C=O) groups is 1. The van der Waals surface area contributed by atoms with Crippen LogP contribution in [0.25, 0.3) is 0 Å². The van der Waals surface area contributed by atoms with Gasteiger partial charge in [0.2, 0.25) is 0 Å². The van der Waals surface area contributed by atoms with Gasteiger partial charge in [-0.05, 0) is 105 Å². The molecule has 0 aromatic heterocycles. The van der Waals surface area contributed by atoms with Crippen molar-refractivity contribution in [3.63, 3.8) is 0 Å². The predicted octanol–water partition coefficient (Wildman–Crippen LogP) is 7.92. The summed E-state index contributed by atoms with van der Waals surface area (Å²) in [4.78, 5) is 15.4. The van der Waals surface area contributed by atoms with E-state index < -0.39 is 8.32 Å². The van der Waals surface area contributed by atoms with Gasteiger partial charge in [0.25, 0.3) is 5.91 Å². The highest BCUT2D eigenvalue weighted by Gasteiger charge is 2.40. The highest BCUT2D eigenvalue weighted by atomic mass is 35.5. The fourth-order valence-corrected chi connectivity index (χ4v) is 6.36. The number of hydrogen-bond acceptors (Lipinski definition) is 5. The van der Waals surface area contributed by atoms with Gasteiger partial charge >= 0.3 is 0 Å². The molecule has 0 aliphatic carbocycles. The number of aliphatic hydroxyl groups is 1. The van der Waals surface area contributed by atoms with Crippen molar-refractivity contribution in [3.8, 4) is 5.75 Å². The van der Waals surface area contributed by atoms with E-state index in [1.54, 1.807) is 6.07 Å². The Hall–Kier alpha value is -2.68. The van der Waals surface area contributed by atoms with Gasteiger partial charge in [0, 0.05) is 41.3 Å². The predicted molar refractivity (Wildman–Crippen MR) is 184 cm³/mol. The third kappa shape index (κ3) is 9.91. The van der Waals surface area contributed by atoms with Crippen LogP contribution >= 0.6 is 11.6 Å². The second-order valence-corrected chi connectivity index (χ2v) is 19.0. The van der Waals surface area contributed by atoms with Crippen molar-refractivity contribution in [1.29, 1.82) is 0 Å². The molecule has 3 aromatic carbocycles. The average Bonchev–Trinajstić information content (AvgIpc) is 2.96. The van der Waals surface area contributed by atoms with Crippen molar-refractivity contribution in [2.24, 2.45) is 0 Å². The van der Waals surface area contributed by atoms with Crippen LogP contribution in [0, 0.1) is 0 Å². The second-order valence-electron chi connectivity index (χ2n) is 13.8. The topological polar surface area (TPSA) is 82.0 Å². The number of carbonyl (C=O) groups excluding carboxylic acids is 1. The number of hydrogen-bond donors (Lipinski definition) is 3. The zero-order valence-electron chi connectivity index (χ0n) is 27.7. The third-order valence-corrected chi connectivity index (χ3v) is 13.5. The highest BCUT2D eigenvalue weighted by Crippen LogP contribution is 2.40. The number of likely N-dealkylation sites (N-methyl/N-ethyl adjacent to an activating group) is 1. The molecule has 3 N–H and O–H groups in total. The number of nitrogens with zero attached hydrogens (tertiary/aromatic N) is 1. The van der Waals surface area contributed by atoms with Gasteiger partial charge in [0.05, 0.1) is 12.7 Å². The molecule has 0 spiro atoms. The smallest absolute Gasteiger partial charge is 0.253 e. The first-order valence-electron chi connectivity index (χ1n) is 15.5. The Morgan fingerprint density at radius 3 is 2.30 bits per heavy atom. The van der Waals surface area contributed by atoms with Gasteiger partial charge in [0.1, 0.15) is 5.75 Å². The SMILES string of the molecule is CCN(CCc1ccc(Cl)cc1)C(=O)c1cccc(CC(C)(C)NC[C@H](O[Si](C)(C)C(C)(C)C)c2ccc(O)c(CO)c2)c1. The van der Waals surface area contributed by atoms with E-state index in [1.807, 2.05) is 66.4 Å². The van der Waals surface area contributed by atoms with Crippen LogP contribution in [0.1, 0.15) is 80.3 Å². The molecule has 44 heavy (non-hydrogen) atoms. The molecule has 0 heterocycles. The van der Waals surface area contributed by atoms with E-state index in [1.165, 1.54) is 0 Å². The monoisotopic (exact) mass is 638 g/mol. The Morgan fingerprint density at radius 1 is 1.00 bits per heavy atom. The van der Waals surface area contributed by atoms with Gasteiger partial charge in [-0.2, -0.15) is 0 Å². The number of nitrogens with one attached hydrogen (secondary N) is 1. The maximum absolute atomic E-state index is 13.5. The lowest BCUT2D eigenvalue weighted by Crippen LogP contribution is -2.47. The molecule has 0 saturated heterocycles. The lowest BCUT2D eigenvalue weighted by Gasteiger charge is -2.40. The average molecular weight is 639 g/mol. The molecular formula is C36H51ClN2O4Si. The van der Waals surface area contributed by atoms with E-state index in [0.29, 0.717) is 35.8 Å². The van der Waals surface area contributed by atoms with Crippen LogP contribution in [0.5, 0.6) is 5.75 Å². The molecule has 3 rings (SSSR count). The first-order chi connectivity index (χ1) is 20.5. The molecule has 1 atom stereocenters. The van der Waals surface area contributed by atoms with Gasteiger partial charge in [0.15, 0.2) is 8.32 Å². The van der Waals surface area contributed by atoms with Crippen LogP contribution in [0.2, 0.25) is 23.2 Å². The van der Waals surface area contributed by atoms with Crippen LogP contribution in [-0.4, -0.2) is 54.5 Å². The number of phenols is 1. The first kappa shape index (κ1) is 35.8. The molecule has 8 heteroatoms. The summed E-state index contributed by atoms with van der Waals surface area (Å²) in [7, 11) is -2.14. The molecule has 0 radical (unpaired) electrons. The summed E-state index contributed by atoms with van der Waals surface area (Å²) < 4.78 is 6.88. The van der Waals surface area contributed by atoms with E-state index in [4.69, 9.17) is 16.0 Å². The summed E-state index contributed by atoms with van der Waals surface area (Å²) in [6.07, 6.45) is 1.23. The van der Waals surface area contributed by atoms with Crippen LogP contribution in [-0.2, 0) is 23.9 Å². The van der Waals surface area contributed by atoms with Crippen LogP contribution < -0.4 is 5.32 Å². The lowest BCUT2D eigenvalue weighted by molar-refractivity contribution is 0.0766. The van der Waals surface area contributed by atoms with Gasteiger partial charge in [-0.25, -0.2) is 0 Å². The first-order valence-corrected chi connectivity index (χ1v) is 18.8. The quantitative estimate of drug-likeness (QED) is 0.156. The molecular weight excluding hydrogens is 588 g/mol. The number of aliphatic hydroxyl groups excluding tert-OH is 1. The summed E-state index contributed by atoms with van der Waals surface area (Å²) in [5.41, 5.74) is 4.03. The zero-order valence-corrected chi connectivity index (χ0v) is 29.5. The lowest BCUT2D eigenvalue weighted by atomic mass is 9.93. The number of halogens is 1. The normalized spacial score (nSPS) is 13.1. The minimum absolute atomic E-state index is 0.0195. The molecule has 0 bridgehead atoms. The summed E-state index contributed by atoms with van der Waals surface area (Å²) >= 11 is 6.02. The van der Waals surface area contributed by atoms with Crippen LogP contribution in [0.3, 0.4) is 0 Å². The second kappa shape index (κ2) is 15.1. The molecule has 0 fully saturated rings. The van der Waals surface area contributed by atoms with E-state index in [2.05, 4.69) is 59.1 Å². The minimum atomic E-state index is -2.14. The summed E-state index contributed by atoms with van der Waals surface area (Å²) in [6, 6.07) is 21.1. The van der Waals surface area contributed by atoms with Gasteiger partial charge in [-0.1, -0.05) is 62.7 Å². The Bertz CT molecular complexity index is 1390. The molecule has 0 aliphatic rings. The fourth-order valence-electron chi connectivity index (χ4n) is 4.95. The largest absolute Gasteiger partial charge is 0.508 e. The Balaban J connectivity index is 1.73. The number of amides is 1. The van der Waals surface area contributed by atoms with Crippen molar-refractivity contribution in [2.45, 2.75) is 90.8 Å². The molecule has 240 valence electrons. The molecule has 0 saturated carbocycles. The molecule has 1 amide bonds. The van der Waals surface area contributed by atoms with Crippen molar-refractivity contribution < 1.29 is 19.4 Å². The van der Waals surface area contributed by atoms with Crippen molar-refractivity contribution in [1.82, 2.24) is 10.2 Å². The summed E-state index contributed by atoms with van der Waals surface area (Å²) in [5, 5.41) is 24.4.